The number of esters is 1. The van der Waals surface area contributed by atoms with Crippen LogP contribution in [0.5, 0.6) is 11.5 Å². The molecule has 2 aromatic carbocycles. The van der Waals surface area contributed by atoms with Crippen LogP contribution in [0, 0.1) is 0 Å². The predicted molar refractivity (Wildman–Crippen MR) is 145 cm³/mol. The number of amides is 1. The van der Waals surface area contributed by atoms with Gasteiger partial charge in [-0.25, -0.2) is 9.78 Å². The lowest BCUT2D eigenvalue weighted by molar-refractivity contribution is -0.116. The molecule has 0 bridgehead atoms. The standard InChI is InChI=1S/C28H31ClN4O5/c1-3-37-23-8-4-5-9-24(23)38-20-7-6-14-33(18-20)26-17-30-16-25(31-26)32-27(34)13-11-19-10-12-21(22(29)15-19)28(35)36-2/h4-5,8-10,12,15-17,20H,3,6-7,11,13-14,18H2,1-2H3,(H,31,32,34)/t20-/m1/s1. The highest BCUT2D eigenvalue weighted by Crippen LogP contribution is 2.30. The number of halogens is 1. The quantitative estimate of drug-likeness (QED) is 0.362. The van der Waals surface area contributed by atoms with Gasteiger partial charge in [-0.3, -0.25) is 9.78 Å². The van der Waals surface area contributed by atoms with E-state index in [4.69, 9.17) is 25.8 Å². The van der Waals surface area contributed by atoms with E-state index in [0.717, 1.165) is 36.4 Å². The van der Waals surface area contributed by atoms with Crippen molar-refractivity contribution in [3.8, 4) is 11.5 Å². The Morgan fingerprint density at radius 3 is 2.74 bits per heavy atom. The van der Waals surface area contributed by atoms with Crippen molar-refractivity contribution in [1.29, 1.82) is 0 Å². The van der Waals surface area contributed by atoms with E-state index in [9.17, 15) is 9.59 Å². The minimum atomic E-state index is -0.500. The number of nitrogens with one attached hydrogen (secondary N) is 1. The van der Waals surface area contributed by atoms with Crippen molar-refractivity contribution in [1.82, 2.24) is 9.97 Å². The van der Waals surface area contributed by atoms with Crippen molar-refractivity contribution in [2.75, 3.05) is 37.0 Å². The summed E-state index contributed by atoms with van der Waals surface area (Å²) in [6, 6.07) is 12.7. The average Bonchev–Trinajstić information content (AvgIpc) is 2.93. The van der Waals surface area contributed by atoms with Crippen LogP contribution in [0.2, 0.25) is 5.02 Å². The van der Waals surface area contributed by atoms with E-state index in [1.54, 1.807) is 24.4 Å². The van der Waals surface area contributed by atoms with Gasteiger partial charge in [0, 0.05) is 13.0 Å². The van der Waals surface area contributed by atoms with Crippen LogP contribution >= 0.6 is 11.6 Å². The Hall–Kier alpha value is -3.85. The number of benzene rings is 2. The maximum atomic E-state index is 12.6. The Morgan fingerprint density at radius 1 is 1.16 bits per heavy atom. The molecule has 4 rings (SSSR count). The lowest BCUT2D eigenvalue weighted by Crippen LogP contribution is -2.41. The fourth-order valence-electron chi connectivity index (χ4n) is 4.27. The molecule has 10 heteroatoms. The van der Waals surface area contributed by atoms with Crippen LogP contribution in [0.4, 0.5) is 11.6 Å². The summed E-state index contributed by atoms with van der Waals surface area (Å²) < 4.78 is 16.7. The van der Waals surface area contributed by atoms with Crippen LogP contribution in [-0.2, 0) is 16.0 Å². The molecule has 200 valence electrons. The number of hydrogen-bond acceptors (Lipinski definition) is 8. The van der Waals surface area contributed by atoms with Crippen molar-refractivity contribution in [2.24, 2.45) is 0 Å². The third-order valence-electron chi connectivity index (χ3n) is 6.11. The van der Waals surface area contributed by atoms with Crippen LogP contribution in [0.15, 0.2) is 54.9 Å². The zero-order chi connectivity index (χ0) is 26.9. The smallest absolute Gasteiger partial charge is 0.339 e. The second-order valence-electron chi connectivity index (χ2n) is 8.82. The highest BCUT2D eigenvalue weighted by Gasteiger charge is 2.24. The first-order valence-electron chi connectivity index (χ1n) is 12.6. The number of aryl methyl sites for hydroxylation is 1. The molecule has 1 fully saturated rings. The SMILES string of the molecule is CCOc1ccccc1O[C@@H]1CCCN(c2cncc(NC(=O)CCc3ccc(C(=O)OC)c(Cl)c3)n2)C1. The highest BCUT2D eigenvalue weighted by atomic mass is 35.5. The van der Waals surface area contributed by atoms with Crippen molar-refractivity contribution in [3.63, 3.8) is 0 Å². The molecule has 3 aromatic rings. The van der Waals surface area contributed by atoms with Gasteiger partial charge in [-0.15, -0.1) is 0 Å². The van der Waals surface area contributed by atoms with Gasteiger partial charge in [-0.1, -0.05) is 29.8 Å². The summed E-state index contributed by atoms with van der Waals surface area (Å²) in [5.41, 5.74) is 1.13. The van der Waals surface area contributed by atoms with Gasteiger partial charge in [0.15, 0.2) is 17.3 Å². The molecule has 1 N–H and O–H groups in total. The molecule has 0 saturated carbocycles. The van der Waals surface area contributed by atoms with Gasteiger partial charge < -0.3 is 24.4 Å². The normalized spacial score (nSPS) is 15.0. The second-order valence-corrected chi connectivity index (χ2v) is 9.23. The van der Waals surface area contributed by atoms with Gasteiger partial charge in [0.05, 0.1) is 43.2 Å². The zero-order valence-corrected chi connectivity index (χ0v) is 22.2. The van der Waals surface area contributed by atoms with Crippen molar-refractivity contribution in [2.45, 2.75) is 38.7 Å². The molecule has 1 aromatic heterocycles. The summed E-state index contributed by atoms with van der Waals surface area (Å²) in [4.78, 5) is 35.3. The molecule has 1 saturated heterocycles. The first-order valence-corrected chi connectivity index (χ1v) is 13.0. The van der Waals surface area contributed by atoms with E-state index >= 15 is 0 Å². The fourth-order valence-corrected chi connectivity index (χ4v) is 4.55. The van der Waals surface area contributed by atoms with Crippen molar-refractivity contribution >= 4 is 35.1 Å². The molecule has 2 heterocycles. The monoisotopic (exact) mass is 538 g/mol. The summed E-state index contributed by atoms with van der Waals surface area (Å²) in [5.74, 6) is 1.83. The number of piperidine rings is 1. The van der Waals surface area contributed by atoms with E-state index in [0.29, 0.717) is 41.8 Å². The molecular formula is C28H31ClN4O5. The lowest BCUT2D eigenvalue weighted by Gasteiger charge is -2.33. The number of carbonyl (C=O) groups excluding carboxylic acids is 2. The van der Waals surface area contributed by atoms with Crippen LogP contribution in [0.3, 0.4) is 0 Å². The van der Waals surface area contributed by atoms with Crippen LogP contribution < -0.4 is 19.7 Å². The average molecular weight is 539 g/mol. The molecule has 0 aliphatic carbocycles. The number of para-hydroxylation sites is 2. The third-order valence-corrected chi connectivity index (χ3v) is 6.43. The molecule has 1 aliphatic rings. The number of aromatic nitrogens is 2. The Labute approximate surface area is 227 Å². The maximum Gasteiger partial charge on any atom is 0.339 e. The summed E-state index contributed by atoms with van der Waals surface area (Å²) in [6.07, 6.45) is 5.73. The summed E-state index contributed by atoms with van der Waals surface area (Å²) in [5, 5.41) is 3.11. The number of anilines is 2. The molecule has 0 radical (unpaired) electrons. The molecule has 1 amide bonds. The topological polar surface area (TPSA) is 103 Å². The molecule has 1 atom stereocenters. The first-order chi connectivity index (χ1) is 18.5. The third kappa shape index (κ3) is 7.13. The summed E-state index contributed by atoms with van der Waals surface area (Å²) in [7, 11) is 1.30. The molecule has 0 unspecified atom stereocenters. The molecular weight excluding hydrogens is 508 g/mol. The lowest BCUT2D eigenvalue weighted by atomic mass is 10.1. The van der Waals surface area contributed by atoms with Crippen LogP contribution in [0.25, 0.3) is 0 Å². The Morgan fingerprint density at radius 2 is 1.97 bits per heavy atom. The number of methoxy groups -OCH3 is 1. The van der Waals surface area contributed by atoms with E-state index < -0.39 is 5.97 Å². The number of rotatable bonds is 10. The number of ether oxygens (including phenoxy) is 3. The number of carbonyl (C=O) groups is 2. The van der Waals surface area contributed by atoms with Crippen molar-refractivity contribution in [3.05, 3.63) is 71.0 Å². The van der Waals surface area contributed by atoms with Gasteiger partial charge in [0.25, 0.3) is 0 Å². The molecule has 9 nitrogen and oxygen atoms in total. The fraction of sp³-hybridized carbons (Fsp3) is 0.357. The van der Waals surface area contributed by atoms with E-state index in [1.807, 2.05) is 31.2 Å². The van der Waals surface area contributed by atoms with Crippen molar-refractivity contribution < 1.29 is 23.8 Å². The number of nitrogens with zero attached hydrogens (tertiary/aromatic N) is 3. The minimum absolute atomic E-state index is 0.0252. The Bertz CT molecular complexity index is 1270. The number of hydrogen-bond donors (Lipinski definition) is 1. The summed E-state index contributed by atoms with van der Waals surface area (Å²) >= 11 is 6.18. The second kappa shape index (κ2) is 13.1. The Kier molecular flexibility index (Phi) is 9.37. The highest BCUT2D eigenvalue weighted by molar-refractivity contribution is 6.33. The van der Waals surface area contributed by atoms with Gasteiger partial charge in [-0.2, -0.15) is 0 Å². The molecule has 0 spiro atoms. The minimum Gasteiger partial charge on any atom is -0.490 e. The van der Waals surface area contributed by atoms with E-state index in [1.165, 1.54) is 13.3 Å². The van der Waals surface area contributed by atoms with E-state index in [2.05, 4.69) is 20.2 Å². The zero-order valence-electron chi connectivity index (χ0n) is 21.5. The molecule has 1 aliphatic heterocycles. The van der Waals surface area contributed by atoms with E-state index in [-0.39, 0.29) is 18.4 Å². The summed E-state index contributed by atoms with van der Waals surface area (Å²) in [6.45, 7) is 3.99. The van der Waals surface area contributed by atoms with Crippen LogP contribution in [0.1, 0.15) is 42.1 Å². The van der Waals surface area contributed by atoms with Gasteiger partial charge >= 0.3 is 5.97 Å². The predicted octanol–water partition coefficient (Wildman–Crippen LogP) is 4.93. The maximum absolute atomic E-state index is 12.6. The van der Waals surface area contributed by atoms with Gasteiger partial charge in [0.1, 0.15) is 11.9 Å². The largest absolute Gasteiger partial charge is 0.490 e. The Balaban J connectivity index is 1.33. The van der Waals surface area contributed by atoms with Gasteiger partial charge in [-0.05, 0) is 56.0 Å². The first kappa shape index (κ1) is 27.2. The molecule has 38 heavy (non-hydrogen) atoms. The van der Waals surface area contributed by atoms with Gasteiger partial charge in [0.2, 0.25) is 5.91 Å². The van der Waals surface area contributed by atoms with Crippen LogP contribution in [-0.4, -0.2) is 54.8 Å².